The van der Waals surface area contributed by atoms with Crippen LogP contribution < -0.4 is 11.0 Å². The van der Waals surface area contributed by atoms with E-state index in [0.717, 1.165) is 33.3 Å². The van der Waals surface area contributed by atoms with Crippen molar-refractivity contribution in [1.29, 1.82) is 0 Å². The number of fused-ring (bicyclic) bond motifs is 1. The minimum Gasteiger partial charge on any atom is -0.321 e. The topological polar surface area (TPSA) is 57.2 Å². The van der Waals surface area contributed by atoms with Crippen molar-refractivity contribution in [1.82, 2.24) is 10.4 Å². The molecule has 30 heavy (non-hydrogen) atoms. The molecule has 4 nitrogen and oxygen atoms in total. The van der Waals surface area contributed by atoms with Crippen molar-refractivity contribution in [2.45, 2.75) is 12.5 Å². The van der Waals surface area contributed by atoms with Crippen molar-refractivity contribution < 1.29 is 0 Å². The van der Waals surface area contributed by atoms with Crippen molar-refractivity contribution >= 4 is 39.8 Å². The Labute approximate surface area is 183 Å². The van der Waals surface area contributed by atoms with Crippen LogP contribution in [0.25, 0.3) is 22.0 Å². The van der Waals surface area contributed by atoms with Gasteiger partial charge >= 0.3 is 0 Å². The van der Waals surface area contributed by atoms with Gasteiger partial charge in [-0.1, -0.05) is 65.7 Å². The fourth-order valence-electron chi connectivity index (χ4n) is 3.92. The maximum absolute atomic E-state index is 13.2. The van der Waals surface area contributed by atoms with E-state index in [0.29, 0.717) is 22.0 Å². The third-order valence-corrected chi connectivity index (χ3v) is 5.87. The van der Waals surface area contributed by atoms with Gasteiger partial charge in [-0.25, -0.2) is 0 Å². The number of hydrogen-bond acceptors (Lipinski definition) is 3. The molecule has 1 unspecified atom stereocenters. The van der Waals surface area contributed by atoms with Gasteiger partial charge in [0.25, 0.3) is 5.56 Å². The summed E-state index contributed by atoms with van der Waals surface area (Å²) in [5.41, 5.74) is 7.98. The molecule has 1 aliphatic heterocycles. The van der Waals surface area contributed by atoms with Gasteiger partial charge in [0.05, 0.1) is 17.3 Å². The number of aromatic amines is 1. The Hall–Kier alpha value is -3.08. The van der Waals surface area contributed by atoms with Gasteiger partial charge in [0.15, 0.2) is 0 Å². The summed E-state index contributed by atoms with van der Waals surface area (Å²) >= 11 is 12.1. The van der Waals surface area contributed by atoms with Crippen molar-refractivity contribution in [3.63, 3.8) is 0 Å². The first-order chi connectivity index (χ1) is 14.6. The highest BCUT2D eigenvalue weighted by atomic mass is 35.5. The van der Waals surface area contributed by atoms with Crippen LogP contribution in [0.4, 0.5) is 0 Å². The van der Waals surface area contributed by atoms with Crippen LogP contribution in [-0.2, 0) is 0 Å². The van der Waals surface area contributed by atoms with E-state index in [-0.39, 0.29) is 11.6 Å². The van der Waals surface area contributed by atoms with Crippen LogP contribution in [0.1, 0.15) is 23.6 Å². The lowest BCUT2D eigenvalue weighted by Crippen LogP contribution is -2.20. The molecule has 1 aromatic heterocycles. The summed E-state index contributed by atoms with van der Waals surface area (Å²) in [6.45, 7) is 0. The normalized spacial score (nSPS) is 15.8. The number of pyridine rings is 1. The first-order valence-corrected chi connectivity index (χ1v) is 10.3. The minimum atomic E-state index is -0.157. The number of rotatable bonds is 3. The van der Waals surface area contributed by atoms with E-state index >= 15 is 0 Å². The number of hydrazone groups is 1. The molecule has 0 spiro atoms. The number of nitrogens with one attached hydrogen (secondary N) is 2. The van der Waals surface area contributed by atoms with Gasteiger partial charge in [-0.3, -0.25) is 4.79 Å². The summed E-state index contributed by atoms with van der Waals surface area (Å²) in [5, 5.41) is 6.85. The van der Waals surface area contributed by atoms with Crippen molar-refractivity contribution in [3.8, 4) is 11.1 Å². The zero-order valence-corrected chi connectivity index (χ0v) is 17.3. The van der Waals surface area contributed by atoms with Crippen molar-refractivity contribution in [3.05, 3.63) is 104 Å². The van der Waals surface area contributed by atoms with E-state index in [1.165, 1.54) is 0 Å². The Kier molecular flexibility index (Phi) is 4.81. The van der Waals surface area contributed by atoms with Crippen LogP contribution in [0.3, 0.4) is 0 Å². The lowest BCUT2D eigenvalue weighted by Gasteiger charge is -2.14. The molecule has 1 atom stereocenters. The fourth-order valence-corrected chi connectivity index (χ4v) is 4.17. The number of H-pyrrole nitrogens is 1. The maximum Gasteiger partial charge on any atom is 0.258 e. The van der Waals surface area contributed by atoms with Crippen LogP contribution in [0.15, 0.2) is 82.7 Å². The zero-order chi connectivity index (χ0) is 20.7. The zero-order valence-electron chi connectivity index (χ0n) is 15.8. The van der Waals surface area contributed by atoms with Crippen LogP contribution in [0, 0.1) is 0 Å². The molecule has 3 aromatic carbocycles. The fraction of sp³-hybridized carbons (Fsp3) is 0.0833. The van der Waals surface area contributed by atoms with Crippen LogP contribution >= 0.6 is 23.2 Å². The van der Waals surface area contributed by atoms with Gasteiger partial charge in [-0.2, -0.15) is 5.10 Å². The predicted octanol–water partition coefficient (Wildman–Crippen LogP) is 5.94. The van der Waals surface area contributed by atoms with Gasteiger partial charge in [0, 0.05) is 32.9 Å². The number of benzene rings is 3. The van der Waals surface area contributed by atoms with E-state index in [2.05, 4.69) is 15.5 Å². The first-order valence-electron chi connectivity index (χ1n) is 9.59. The second-order valence-electron chi connectivity index (χ2n) is 7.25. The summed E-state index contributed by atoms with van der Waals surface area (Å²) in [7, 11) is 0. The minimum absolute atomic E-state index is 0.0128. The number of halogens is 2. The number of nitrogens with zero attached hydrogens (tertiary/aromatic N) is 1. The molecule has 0 bridgehead atoms. The largest absolute Gasteiger partial charge is 0.321 e. The highest BCUT2D eigenvalue weighted by Crippen LogP contribution is 2.33. The Bertz CT molecular complexity index is 1330. The summed E-state index contributed by atoms with van der Waals surface area (Å²) in [6.07, 6.45) is 0.601. The molecule has 0 amide bonds. The SMILES string of the molecule is O=c1[nH]c2ccccc2c(-c2ccc(Cl)cc2)c1C1=NNC(c2ccc(Cl)cc2)C1. The first kappa shape index (κ1) is 18.9. The van der Waals surface area contributed by atoms with E-state index in [4.69, 9.17) is 23.2 Å². The lowest BCUT2D eigenvalue weighted by atomic mass is 9.91. The maximum atomic E-state index is 13.2. The number of para-hydroxylation sites is 1. The number of hydrogen-bond donors (Lipinski definition) is 2. The third-order valence-electron chi connectivity index (χ3n) is 5.37. The Morgan fingerprint density at radius 2 is 1.50 bits per heavy atom. The second kappa shape index (κ2) is 7.63. The Morgan fingerprint density at radius 3 is 2.23 bits per heavy atom. The molecule has 6 heteroatoms. The molecule has 4 aromatic rings. The third kappa shape index (κ3) is 3.38. The number of aromatic nitrogens is 1. The van der Waals surface area contributed by atoms with Gasteiger partial charge in [-0.15, -0.1) is 0 Å². The smallest absolute Gasteiger partial charge is 0.258 e. The quantitative estimate of drug-likeness (QED) is 0.419. The van der Waals surface area contributed by atoms with Gasteiger partial charge in [0.1, 0.15) is 0 Å². The highest BCUT2D eigenvalue weighted by molar-refractivity contribution is 6.31. The van der Waals surface area contributed by atoms with Gasteiger partial charge in [0.2, 0.25) is 0 Å². The van der Waals surface area contributed by atoms with Crippen molar-refractivity contribution in [2.75, 3.05) is 0 Å². The molecule has 2 N–H and O–H groups in total. The predicted molar refractivity (Wildman–Crippen MR) is 123 cm³/mol. The Balaban J connectivity index is 1.65. The van der Waals surface area contributed by atoms with E-state index in [1.54, 1.807) is 0 Å². The summed E-state index contributed by atoms with van der Waals surface area (Å²) in [4.78, 5) is 16.2. The summed E-state index contributed by atoms with van der Waals surface area (Å²) < 4.78 is 0. The second-order valence-corrected chi connectivity index (χ2v) is 8.13. The van der Waals surface area contributed by atoms with E-state index in [9.17, 15) is 4.79 Å². The summed E-state index contributed by atoms with van der Waals surface area (Å²) in [6, 6.07) is 23.0. The molecule has 0 saturated heterocycles. The van der Waals surface area contributed by atoms with E-state index < -0.39 is 0 Å². The molecular weight excluding hydrogens is 417 g/mol. The summed E-state index contributed by atoms with van der Waals surface area (Å²) in [5.74, 6) is 0. The molecule has 1 aliphatic rings. The average molecular weight is 434 g/mol. The monoisotopic (exact) mass is 433 g/mol. The molecule has 0 fully saturated rings. The molecule has 0 radical (unpaired) electrons. The molecule has 148 valence electrons. The van der Waals surface area contributed by atoms with E-state index in [1.807, 2.05) is 72.8 Å². The van der Waals surface area contributed by atoms with Gasteiger partial charge < -0.3 is 10.4 Å². The highest BCUT2D eigenvalue weighted by Gasteiger charge is 2.26. The van der Waals surface area contributed by atoms with Crippen LogP contribution in [-0.4, -0.2) is 10.7 Å². The van der Waals surface area contributed by atoms with Crippen LogP contribution in [0.2, 0.25) is 10.0 Å². The van der Waals surface area contributed by atoms with Gasteiger partial charge in [-0.05, 0) is 41.5 Å². The average Bonchev–Trinajstić information content (AvgIpc) is 3.23. The molecule has 5 rings (SSSR count). The lowest BCUT2D eigenvalue weighted by molar-refractivity contribution is 0.620. The van der Waals surface area contributed by atoms with Crippen LogP contribution in [0.5, 0.6) is 0 Å². The molecule has 0 aliphatic carbocycles. The van der Waals surface area contributed by atoms with Crippen molar-refractivity contribution in [2.24, 2.45) is 5.10 Å². The molecule has 0 saturated carbocycles. The standard InChI is InChI=1S/C24H17Cl2N3O/c25-16-9-5-14(6-10-16)20-13-21(29-28-20)23-22(15-7-11-17(26)12-8-15)18-3-1-2-4-19(18)27-24(23)30/h1-12,20,28H,13H2,(H,27,30). The molecular formula is C24H17Cl2N3O. The molecule has 2 heterocycles. The Morgan fingerprint density at radius 1 is 0.833 bits per heavy atom.